The molecule has 0 heterocycles. The van der Waals surface area contributed by atoms with Gasteiger partial charge in [-0.05, 0) is 18.2 Å². The van der Waals surface area contributed by atoms with Crippen LogP contribution in [0.1, 0.15) is 10.4 Å². The lowest BCUT2D eigenvalue weighted by atomic mass is 10.2. The van der Waals surface area contributed by atoms with Gasteiger partial charge in [0.15, 0.2) is 0 Å². The number of benzene rings is 1. The molecule has 1 amide bonds. The molecule has 0 aliphatic carbocycles. The van der Waals surface area contributed by atoms with Gasteiger partial charge in [0.2, 0.25) is 0 Å². The Balaban J connectivity index is 2.83. The third-order valence-electron chi connectivity index (χ3n) is 1.34. The second-order valence-corrected chi connectivity index (χ2v) is 2.83. The molecule has 0 bridgehead atoms. The average Bonchev–Trinajstić information content (AvgIpc) is 2.03. The summed E-state index contributed by atoms with van der Waals surface area (Å²) in [6.07, 6.45) is 0. The molecule has 13 heavy (non-hydrogen) atoms. The molecule has 0 aliphatic heterocycles. The van der Waals surface area contributed by atoms with Crippen molar-refractivity contribution in [2.45, 2.75) is 0 Å². The first-order valence-corrected chi connectivity index (χ1v) is 3.88. The van der Waals surface area contributed by atoms with E-state index in [4.69, 9.17) is 11.6 Å². The van der Waals surface area contributed by atoms with E-state index >= 15 is 0 Å². The minimum absolute atomic E-state index is 0.00858. The third kappa shape index (κ3) is 2.87. The van der Waals surface area contributed by atoms with Crippen LogP contribution in [0.2, 0.25) is 0 Å². The number of hydrogen-bond donors (Lipinski definition) is 1. The Hall–Kier alpha value is -1.35. The molecule has 1 aromatic carbocycles. The zero-order valence-corrected chi connectivity index (χ0v) is 7.44. The Kier molecular flexibility index (Phi) is 3.03. The van der Waals surface area contributed by atoms with Crippen LogP contribution in [0.25, 0.3) is 0 Å². The second-order valence-electron chi connectivity index (χ2n) is 2.37. The van der Waals surface area contributed by atoms with E-state index in [1.807, 2.05) is 0 Å². The van der Waals surface area contributed by atoms with E-state index in [1.165, 1.54) is 18.2 Å². The lowest BCUT2D eigenvalue weighted by Crippen LogP contribution is -2.19. The zero-order valence-electron chi connectivity index (χ0n) is 6.68. The van der Waals surface area contributed by atoms with E-state index in [-0.39, 0.29) is 10.7 Å². The van der Waals surface area contributed by atoms with Gasteiger partial charge in [-0.25, -0.2) is 4.39 Å². The number of nitrogens with one attached hydrogen (secondary N) is 1. The van der Waals surface area contributed by atoms with Crippen molar-refractivity contribution in [3.8, 4) is 0 Å². The second kappa shape index (κ2) is 4.05. The summed E-state index contributed by atoms with van der Waals surface area (Å²) in [5.74, 6) is -0.938. The van der Waals surface area contributed by atoms with Gasteiger partial charge < -0.3 is 5.32 Å². The molecule has 2 nitrogen and oxygen atoms in total. The molecule has 0 radical (unpaired) electrons. The van der Waals surface area contributed by atoms with Crippen molar-refractivity contribution in [2.75, 3.05) is 0 Å². The molecule has 0 saturated heterocycles. The number of rotatable bonds is 2. The molecule has 4 heteroatoms. The minimum atomic E-state index is -0.473. The summed E-state index contributed by atoms with van der Waals surface area (Å²) in [5, 5.41) is 2.26. The number of carbonyl (C=O) groups excluding carboxylic acids is 1. The van der Waals surface area contributed by atoms with Gasteiger partial charge in [-0.3, -0.25) is 4.79 Å². The van der Waals surface area contributed by atoms with Gasteiger partial charge in [-0.1, -0.05) is 24.2 Å². The predicted molar refractivity (Wildman–Crippen MR) is 48.9 cm³/mol. The molecule has 0 atom stereocenters. The highest BCUT2D eigenvalue weighted by molar-refractivity contribution is 6.30. The quantitative estimate of drug-likeness (QED) is 0.728. The fourth-order valence-electron chi connectivity index (χ4n) is 0.825. The van der Waals surface area contributed by atoms with Gasteiger partial charge >= 0.3 is 0 Å². The monoisotopic (exact) mass is 199 g/mol. The maximum Gasteiger partial charge on any atom is 0.256 e. The van der Waals surface area contributed by atoms with Crippen LogP contribution >= 0.6 is 11.6 Å². The molecule has 1 aromatic rings. The van der Waals surface area contributed by atoms with Crippen LogP contribution in [-0.2, 0) is 0 Å². The minimum Gasteiger partial charge on any atom is -0.313 e. The fraction of sp³-hybridized carbons (Fsp3) is 0. The lowest BCUT2D eigenvalue weighted by molar-refractivity contribution is 0.0968. The first-order chi connectivity index (χ1) is 6.09. The molecule has 0 aromatic heterocycles. The summed E-state index contributed by atoms with van der Waals surface area (Å²) in [6.45, 7) is 3.28. The highest BCUT2D eigenvalue weighted by atomic mass is 35.5. The van der Waals surface area contributed by atoms with E-state index in [0.717, 1.165) is 6.07 Å². The van der Waals surface area contributed by atoms with Gasteiger partial charge in [0.1, 0.15) is 11.0 Å². The Morgan fingerprint density at radius 3 is 2.77 bits per heavy atom. The first-order valence-electron chi connectivity index (χ1n) is 3.51. The molecular formula is C9H7ClFNO. The van der Waals surface area contributed by atoms with Crippen molar-refractivity contribution < 1.29 is 9.18 Å². The molecule has 0 fully saturated rings. The Morgan fingerprint density at radius 2 is 2.23 bits per heavy atom. The third-order valence-corrected chi connectivity index (χ3v) is 1.43. The number of carbonyl (C=O) groups is 1. The Morgan fingerprint density at radius 1 is 1.54 bits per heavy atom. The summed E-state index contributed by atoms with van der Waals surface area (Å²) in [7, 11) is 0. The molecular weight excluding hydrogens is 193 g/mol. The standard InChI is InChI=1S/C9H7ClFNO/c1-6(10)12-9(13)7-3-2-4-8(11)5-7/h2-5H,1H2,(H,12,13). The van der Waals surface area contributed by atoms with Crippen LogP contribution < -0.4 is 5.32 Å². The number of halogens is 2. The molecule has 68 valence electrons. The normalized spacial score (nSPS) is 9.38. The SMILES string of the molecule is C=C(Cl)NC(=O)c1cccc(F)c1. The van der Waals surface area contributed by atoms with Gasteiger partial charge in [0, 0.05) is 5.56 Å². The smallest absolute Gasteiger partial charge is 0.256 e. The topological polar surface area (TPSA) is 29.1 Å². The summed E-state index contributed by atoms with van der Waals surface area (Å²) < 4.78 is 12.6. The van der Waals surface area contributed by atoms with Crippen LogP contribution in [0.3, 0.4) is 0 Å². The maximum atomic E-state index is 12.6. The van der Waals surface area contributed by atoms with Crippen LogP contribution in [-0.4, -0.2) is 5.91 Å². The van der Waals surface area contributed by atoms with Crippen molar-refractivity contribution in [2.24, 2.45) is 0 Å². The summed E-state index contributed by atoms with van der Waals surface area (Å²) in [5.41, 5.74) is 0.210. The summed E-state index contributed by atoms with van der Waals surface area (Å²) >= 11 is 5.34. The zero-order chi connectivity index (χ0) is 9.84. The van der Waals surface area contributed by atoms with E-state index in [9.17, 15) is 9.18 Å². The lowest BCUT2D eigenvalue weighted by Gasteiger charge is -2.01. The molecule has 0 spiro atoms. The molecule has 1 rings (SSSR count). The van der Waals surface area contributed by atoms with E-state index < -0.39 is 11.7 Å². The van der Waals surface area contributed by atoms with E-state index in [0.29, 0.717) is 0 Å². The maximum absolute atomic E-state index is 12.6. The van der Waals surface area contributed by atoms with Crippen LogP contribution in [0.15, 0.2) is 36.0 Å². The number of hydrogen-bond acceptors (Lipinski definition) is 1. The molecule has 1 N–H and O–H groups in total. The van der Waals surface area contributed by atoms with Crippen LogP contribution in [0, 0.1) is 5.82 Å². The first kappa shape index (κ1) is 9.74. The van der Waals surface area contributed by atoms with Crippen LogP contribution in [0.4, 0.5) is 4.39 Å². The van der Waals surface area contributed by atoms with E-state index in [1.54, 1.807) is 0 Å². The van der Waals surface area contributed by atoms with Gasteiger partial charge in [-0.15, -0.1) is 0 Å². The van der Waals surface area contributed by atoms with Gasteiger partial charge in [0.25, 0.3) is 5.91 Å². The van der Waals surface area contributed by atoms with Crippen molar-refractivity contribution in [1.29, 1.82) is 0 Å². The van der Waals surface area contributed by atoms with Crippen molar-refractivity contribution in [1.82, 2.24) is 5.32 Å². The van der Waals surface area contributed by atoms with E-state index in [2.05, 4.69) is 11.9 Å². The van der Waals surface area contributed by atoms with Crippen molar-refractivity contribution in [3.05, 3.63) is 47.4 Å². The number of amides is 1. The predicted octanol–water partition coefficient (Wildman–Crippen LogP) is 2.27. The highest BCUT2D eigenvalue weighted by Crippen LogP contribution is 2.04. The largest absolute Gasteiger partial charge is 0.313 e. The van der Waals surface area contributed by atoms with Crippen molar-refractivity contribution >= 4 is 17.5 Å². The fourth-order valence-corrected chi connectivity index (χ4v) is 0.911. The molecule has 0 saturated carbocycles. The van der Waals surface area contributed by atoms with Gasteiger partial charge in [-0.2, -0.15) is 0 Å². The average molecular weight is 200 g/mol. The summed E-state index contributed by atoms with van der Waals surface area (Å²) in [4.78, 5) is 11.2. The highest BCUT2D eigenvalue weighted by Gasteiger charge is 2.05. The van der Waals surface area contributed by atoms with Crippen molar-refractivity contribution in [3.63, 3.8) is 0 Å². The van der Waals surface area contributed by atoms with Gasteiger partial charge in [0.05, 0.1) is 0 Å². The molecule has 0 aliphatic rings. The summed E-state index contributed by atoms with van der Waals surface area (Å²) in [6, 6.07) is 5.31. The molecule has 0 unspecified atom stereocenters. The van der Waals surface area contributed by atoms with Crippen LogP contribution in [0.5, 0.6) is 0 Å². The Bertz CT molecular complexity index is 351. The Labute approximate surface area is 80.0 Å².